The van der Waals surface area contributed by atoms with Crippen LogP contribution in [-0.2, 0) is 11.2 Å². The van der Waals surface area contributed by atoms with E-state index in [0.29, 0.717) is 24.5 Å². The third kappa shape index (κ3) is 4.44. The molecule has 4 aromatic carbocycles. The SMILES string of the molecule is COc1cc2c(cc1OC)C(c1ccc(F)cc1)N(C(=O)C(c1ccccc1)c1ccccc1)CC2. The average molecular weight is 482 g/mol. The molecule has 4 nitrogen and oxygen atoms in total. The molecule has 0 saturated carbocycles. The summed E-state index contributed by atoms with van der Waals surface area (Å²) in [6.07, 6.45) is 0.676. The van der Waals surface area contributed by atoms with Crippen LogP contribution >= 0.6 is 0 Å². The first-order valence-corrected chi connectivity index (χ1v) is 12.0. The van der Waals surface area contributed by atoms with Crippen molar-refractivity contribution < 1.29 is 18.7 Å². The van der Waals surface area contributed by atoms with Gasteiger partial charge in [0.25, 0.3) is 0 Å². The second kappa shape index (κ2) is 10.2. The van der Waals surface area contributed by atoms with Gasteiger partial charge in [0.15, 0.2) is 11.5 Å². The van der Waals surface area contributed by atoms with E-state index in [1.54, 1.807) is 26.4 Å². The lowest BCUT2D eigenvalue weighted by molar-refractivity contribution is -0.134. The Hall–Kier alpha value is -4.12. The molecule has 0 N–H and O–H groups in total. The average Bonchev–Trinajstić information content (AvgIpc) is 2.93. The molecule has 1 heterocycles. The summed E-state index contributed by atoms with van der Waals surface area (Å²) in [5.74, 6) is 0.478. The first-order valence-electron chi connectivity index (χ1n) is 12.0. The molecule has 0 saturated heterocycles. The zero-order valence-corrected chi connectivity index (χ0v) is 20.4. The van der Waals surface area contributed by atoms with Crippen molar-refractivity contribution in [1.29, 1.82) is 0 Å². The van der Waals surface area contributed by atoms with Gasteiger partial charge in [0.1, 0.15) is 5.82 Å². The number of halogens is 1. The molecule has 1 aliphatic heterocycles. The highest BCUT2D eigenvalue weighted by atomic mass is 19.1. The van der Waals surface area contributed by atoms with Crippen LogP contribution in [-0.4, -0.2) is 31.6 Å². The van der Waals surface area contributed by atoms with E-state index in [1.807, 2.05) is 77.7 Å². The van der Waals surface area contributed by atoms with Crippen LogP contribution in [0.1, 0.15) is 39.8 Å². The third-order valence-electron chi connectivity index (χ3n) is 6.86. The molecule has 0 spiro atoms. The molecule has 0 bridgehead atoms. The van der Waals surface area contributed by atoms with Crippen LogP contribution in [0.5, 0.6) is 11.5 Å². The van der Waals surface area contributed by atoms with Crippen LogP contribution in [0, 0.1) is 5.82 Å². The number of fused-ring (bicyclic) bond motifs is 1. The Bertz CT molecular complexity index is 1300. The molecule has 0 aromatic heterocycles. The number of hydrogen-bond donors (Lipinski definition) is 0. The van der Waals surface area contributed by atoms with E-state index in [-0.39, 0.29) is 11.7 Å². The number of rotatable bonds is 6. The number of benzene rings is 4. The molecule has 4 aromatic rings. The van der Waals surface area contributed by atoms with Gasteiger partial charge in [-0.05, 0) is 58.5 Å². The van der Waals surface area contributed by atoms with E-state index >= 15 is 0 Å². The quantitative estimate of drug-likeness (QED) is 0.332. The Morgan fingerprint density at radius 3 is 1.94 bits per heavy atom. The molecule has 1 amide bonds. The summed E-state index contributed by atoms with van der Waals surface area (Å²) in [5.41, 5.74) is 4.76. The smallest absolute Gasteiger partial charge is 0.235 e. The van der Waals surface area contributed by atoms with E-state index in [4.69, 9.17) is 9.47 Å². The third-order valence-corrected chi connectivity index (χ3v) is 6.86. The highest BCUT2D eigenvalue weighted by Crippen LogP contribution is 2.42. The van der Waals surface area contributed by atoms with Gasteiger partial charge in [-0.3, -0.25) is 4.79 Å². The fourth-order valence-electron chi connectivity index (χ4n) is 5.12. The van der Waals surface area contributed by atoms with Crippen molar-refractivity contribution in [3.05, 3.63) is 131 Å². The fraction of sp³-hybridized carbons (Fsp3) is 0.194. The number of carbonyl (C=O) groups is 1. The Morgan fingerprint density at radius 1 is 0.833 bits per heavy atom. The Labute approximate surface area is 210 Å². The molecule has 5 heteroatoms. The van der Waals surface area contributed by atoms with Gasteiger partial charge in [-0.1, -0.05) is 72.8 Å². The van der Waals surface area contributed by atoms with Crippen LogP contribution < -0.4 is 9.47 Å². The van der Waals surface area contributed by atoms with Gasteiger partial charge in [-0.25, -0.2) is 4.39 Å². The minimum absolute atomic E-state index is 0.00200. The lowest BCUT2D eigenvalue weighted by Gasteiger charge is -2.40. The summed E-state index contributed by atoms with van der Waals surface area (Å²) < 4.78 is 25.0. The van der Waals surface area contributed by atoms with Crippen molar-refractivity contribution in [2.75, 3.05) is 20.8 Å². The number of amides is 1. The van der Waals surface area contributed by atoms with Crippen LogP contribution in [0.4, 0.5) is 4.39 Å². The number of ether oxygens (including phenoxy) is 2. The first kappa shape index (κ1) is 23.6. The predicted molar refractivity (Wildman–Crippen MR) is 138 cm³/mol. The normalized spacial score (nSPS) is 14.9. The maximum absolute atomic E-state index is 14.4. The standard InChI is InChI=1S/C31H28FNO3/c1-35-27-19-24-17-18-33(30(26(24)20-28(27)36-2)23-13-15-25(32)16-14-23)31(34)29(21-9-5-3-6-10-21)22-11-7-4-8-12-22/h3-16,19-20,29-30H,17-18H2,1-2H3. The van der Waals surface area contributed by atoms with Crippen molar-refractivity contribution in [3.8, 4) is 11.5 Å². The zero-order chi connectivity index (χ0) is 25.1. The molecule has 5 rings (SSSR count). The van der Waals surface area contributed by atoms with E-state index in [0.717, 1.165) is 27.8 Å². The summed E-state index contributed by atoms with van der Waals surface area (Å²) in [6.45, 7) is 0.527. The molecular formula is C31H28FNO3. The molecule has 182 valence electrons. The summed E-state index contributed by atoms with van der Waals surface area (Å²) in [4.78, 5) is 16.4. The Balaban J connectivity index is 1.65. The molecule has 1 atom stereocenters. The van der Waals surface area contributed by atoms with Crippen molar-refractivity contribution in [1.82, 2.24) is 4.90 Å². The number of hydrogen-bond acceptors (Lipinski definition) is 3. The lowest BCUT2D eigenvalue weighted by Crippen LogP contribution is -2.43. The van der Waals surface area contributed by atoms with Crippen LogP contribution in [0.3, 0.4) is 0 Å². The van der Waals surface area contributed by atoms with Gasteiger partial charge in [0.05, 0.1) is 26.2 Å². The Kier molecular flexibility index (Phi) is 6.72. The van der Waals surface area contributed by atoms with E-state index in [1.165, 1.54) is 12.1 Å². The number of nitrogens with zero attached hydrogens (tertiary/aromatic N) is 1. The lowest BCUT2D eigenvalue weighted by atomic mass is 9.84. The molecule has 0 fully saturated rings. The maximum Gasteiger partial charge on any atom is 0.235 e. The monoisotopic (exact) mass is 481 g/mol. The van der Waals surface area contributed by atoms with Crippen molar-refractivity contribution in [2.24, 2.45) is 0 Å². The van der Waals surface area contributed by atoms with Crippen molar-refractivity contribution >= 4 is 5.91 Å². The molecule has 1 unspecified atom stereocenters. The van der Waals surface area contributed by atoms with Gasteiger partial charge in [-0.15, -0.1) is 0 Å². The van der Waals surface area contributed by atoms with E-state index < -0.39 is 12.0 Å². The summed E-state index contributed by atoms with van der Waals surface area (Å²) in [5, 5.41) is 0. The van der Waals surface area contributed by atoms with Gasteiger partial charge >= 0.3 is 0 Å². The summed E-state index contributed by atoms with van der Waals surface area (Å²) >= 11 is 0. The highest BCUT2D eigenvalue weighted by Gasteiger charge is 2.37. The van der Waals surface area contributed by atoms with E-state index in [2.05, 4.69) is 0 Å². The number of methoxy groups -OCH3 is 2. The summed E-state index contributed by atoms with van der Waals surface area (Å²) in [6, 6.07) is 29.6. The first-order chi connectivity index (χ1) is 17.6. The van der Waals surface area contributed by atoms with Crippen LogP contribution in [0.2, 0.25) is 0 Å². The second-order valence-corrected chi connectivity index (χ2v) is 8.90. The summed E-state index contributed by atoms with van der Waals surface area (Å²) in [7, 11) is 3.22. The zero-order valence-electron chi connectivity index (χ0n) is 20.4. The van der Waals surface area contributed by atoms with Gasteiger partial charge in [0, 0.05) is 6.54 Å². The minimum atomic E-state index is -0.461. The highest BCUT2D eigenvalue weighted by molar-refractivity contribution is 5.88. The number of carbonyl (C=O) groups excluding carboxylic acids is 1. The molecule has 0 radical (unpaired) electrons. The van der Waals surface area contributed by atoms with Crippen molar-refractivity contribution in [2.45, 2.75) is 18.4 Å². The molecule has 0 aliphatic carbocycles. The predicted octanol–water partition coefficient (Wildman–Crippen LogP) is 6.15. The molecule has 36 heavy (non-hydrogen) atoms. The van der Waals surface area contributed by atoms with Gasteiger partial charge in [0.2, 0.25) is 5.91 Å². The van der Waals surface area contributed by atoms with Crippen molar-refractivity contribution in [3.63, 3.8) is 0 Å². The molecule has 1 aliphatic rings. The Morgan fingerprint density at radius 2 is 1.39 bits per heavy atom. The van der Waals surface area contributed by atoms with E-state index in [9.17, 15) is 9.18 Å². The van der Waals surface area contributed by atoms with Crippen LogP contribution in [0.15, 0.2) is 97.1 Å². The van der Waals surface area contributed by atoms with Gasteiger partial charge < -0.3 is 14.4 Å². The minimum Gasteiger partial charge on any atom is -0.493 e. The van der Waals surface area contributed by atoms with Crippen LogP contribution in [0.25, 0.3) is 0 Å². The fourth-order valence-corrected chi connectivity index (χ4v) is 5.12. The topological polar surface area (TPSA) is 38.8 Å². The van der Waals surface area contributed by atoms with Gasteiger partial charge in [-0.2, -0.15) is 0 Å². The maximum atomic E-state index is 14.4. The second-order valence-electron chi connectivity index (χ2n) is 8.90. The largest absolute Gasteiger partial charge is 0.493 e. The molecular weight excluding hydrogens is 453 g/mol.